The Morgan fingerprint density at radius 2 is 2.22 bits per heavy atom. The van der Waals surface area contributed by atoms with Crippen LogP contribution in [-0.2, 0) is 4.79 Å². The Hall–Kier alpha value is -1.21. The van der Waals surface area contributed by atoms with Crippen molar-refractivity contribution in [1.82, 2.24) is 15.3 Å². The SMILES string of the molecule is CCC1(C(=O)Nc2nc(-c3ccccn3)cs2)CCCN1.Cl.Cl. The summed E-state index contributed by atoms with van der Waals surface area (Å²) in [4.78, 5) is 21.2. The Morgan fingerprint density at radius 1 is 1.39 bits per heavy atom. The molecule has 23 heavy (non-hydrogen) atoms. The first-order valence-electron chi connectivity index (χ1n) is 7.17. The molecule has 2 aromatic heterocycles. The molecule has 126 valence electrons. The van der Waals surface area contributed by atoms with E-state index in [9.17, 15) is 4.79 Å². The number of nitrogens with zero attached hydrogens (tertiary/aromatic N) is 2. The van der Waals surface area contributed by atoms with Gasteiger partial charge in [0.05, 0.1) is 11.2 Å². The van der Waals surface area contributed by atoms with E-state index in [4.69, 9.17) is 0 Å². The lowest BCUT2D eigenvalue weighted by atomic mass is 9.93. The van der Waals surface area contributed by atoms with Gasteiger partial charge < -0.3 is 10.6 Å². The molecule has 2 N–H and O–H groups in total. The number of aromatic nitrogens is 2. The summed E-state index contributed by atoms with van der Waals surface area (Å²) in [5.74, 6) is 0.0180. The molecule has 1 aliphatic rings. The largest absolute Gasteiger partial charge is 0.303 e. The summed E-state index contributed by atoms with van der Waals surface area (Å²) in [5.41, 5.74) is 1.18. The standard InChI is InChI=1S/C15H18N4OS.2ClH/c1-2-15(7-5-9-17-15)13(20)19-14-18-12(10-21-14)11-6-3-4-8-16-11;;/h3-4,6,8,10,17H,2,5,7,9H2,1H3,(H,18,19,20);2*1H. The van der Waals surface area contributed by atoms with E-state index in [2.05, 4.69) is 20.6 Å². The molecular weight excluding hydrogens is 355 g/mol. The van der Waals surface area contributed by atoms with Crippen LogP contribution in [0.1, 0.15) is 26.2 Å². The van der Waals surface area contributed by atoms with Gasteiger partial charge in [0.1, 0.15) is 5.69 Å². The Bertz CT molecular complexity index is 629. The molecule has 1 amide bonds. The van der Waals surface area contributed by atoms with Gasteiger partial charge in [-0.05, 0) is 37.9 Å². The molecule has 1 unspecified atom stereocenters. The maximum Gasteiger partial charge on any atom is 0.246 e. The monoisotopic (exact) mass is 374 g/mol. The molecule has 0 bridgehead atoms. The molecule has 0 aromatic carbocycles. The number of amides is 1. The maximum atomic E-state index is 12.5. The second-order valence-electron chi connectivity index (χ2n) is 5.17. The second-order valence-corrected chi connectivity index (χ2v) is 6.03. The number of carbonyl (C=O) groups is 1. The molecule has 3 rings (SSSR count). The highest BCUT2D eigenvalue weighted by molar-refractivity contribution is 7.14. The third-order valence-electron chi connectivity index (χ3n) is 3.93. The molecule has 0 saturated carbocycles. The van der Waals surface area contributed by atoms with Crippen LogP contribution >= 0.6 is 36.2 Å². The van der Waals surface area contributed by atoms with Crippen molar-refractivity contribution >= 4 is 47.2 Å². The Kier molecular flexibility index (Phi) is 7.41. The van der Waals surface area contributed by atoms with Crippen LogP contribution in [0.4, 0.5) is 5.13 Å². The highest BCUT2D eigenvalue weighted by Crippen LogP contribution is 2.27. The van der Waals surface area contributed by atoms with Gasteiger partial charge in [0.15, 0.2) is 5.13 Å². The van der Waals surface area contributed by atoms with Crippen LogP contribution in [0.25, 0.3) is 11.4 Å². The van der Waals surface area contributed by atoms with Gasteiger partial charge in [-0.3, -0.25) is 9.78 Å². The first-order chi connectivity index (χ1) is 10.2. The highest BCUT2D eigenvalue weighted by Gasteiger charge is 2.39. The van der Waals surface area contributed by atoms with Crippen molar-refractivity contribution in [3.05, 3.63) is 29.8 Å². The zero-order valence-corrected chi connectivity index (χ0v) is 15.2. The van der Waals surface area contributed by atoms with Crippen molar-refractivity contribution in [2.45, 2.75) is 31.7 Å². The van der Waals surface area contributed by atoms with Gasteiger partial charge in [0, 0.05) is 11.6 Å². The number of thiazole rings is 1. The predicted octanol–water partition coefficient (Wildman–Crippen LogP) is 3.52. The van der Waals surface area contributed by atoms with E-state index < -0.39 is 5.54 Å². The molecule has 1 aliphatic heterocycles. The van der Waals surface area contributed by atoms with Crippen molar-refractivity contribution in [1.29, 1.82) is 0 Å². The van der Waals surface area contributed by atoms with Crippen LogP contribution in [0.2, 0.25) is 0 Å². The van der Waals surface area contributed by atoms with Gasteiger partial charge in [-0.1, -0.05) is 13.0 Å². The lowest BCUT2D eigenvalue weighted by Crippen LogP contribution is -2.50. The van der Waals surface area contributed by atoms with E-state index in [0.29, 0.717) is 5.13 Å². The zero-order valence-electron chi connectivity index (χ0n) is 12.7. The number of hydrogen-bond acceptors (Lipinski definition) is 5. The Morgan fingerprint density at radius 3 is 2.83 bits per heavy atom. The fourth-order valence-corrected chi connectivity index (χ4v) is 3.34. The third-order valence-corrected chi connectivity index (χ3v) is 4.69. The molecule has 1 fully saturated rings. The quantitative estimate of drug-likeness (QED) is 0.858. The van der Waals surface area contributed by atoms with E-state index in [0.717, 1.165) is 37.2 Å². The summed E-state index contributed by atoms with van der Waals surface area (Å²) in [5, 5.41) is 8.82. The normalized spacial score (nSPS) is 19.5. The van der Waals surface area contributed by atoms with E-state index in [1.807, 2.05) is 30.5 Å². The van der Waals surface area contributed by atoms with Crippen molar-refractivity contribution in [2.75, 3.05) is 11.9 Å². The summed E-state index contributed by atoms with van der Waals surface area (Å²) in [6.07, 6.45) is 4.45. The summed E-state index contributed by atoms with van der Waals surface area (Å²) in [6, 6.07) is 5.70. The predicted molar refractivity (Wildman–Crippen MR) is 98.7 cm³/mol. The summed E-state index contributed by atoms with van der Waals surface area (Å²) >= 11 is 1.43. The molecule has 1 saturated heterocycles. The molecular formula is C15H20Cl2N4OS. The molecule has 0 radical (unpaired) electrons. The average molecular weight is 375 g/mol. The summed E-state index contributed by atoms with van der Waals surface area (Å²) < 4.78 is 0. The lowest BCUT2D eigenvalue weighted by molar-refractivity contribution is -0.122. The molecule has 3 heterocycles. The van der Waals surface area contributed by atoms with Gasteiger partial charge in [-0.25, -0.2) is 4.98 Å². The van der Waals surface area contributed by atoms with Gasteiger partial charge in [0.25, 0.3) is 0 Å². The first kappa shape index (κ1) is 19.8. The van der Waals surface area contributed by atoms with E-state index in [1.54, 1.807) is 6.20 Å². The van der Waals surface area contributed by atoms with Crippen LogP contribution < -0.4 is 10.6 Å². The third kappa shape index (κ3) is 4.20. The zero-order chi connectivity index (χ0) is 14.7. The number of anilines is 1. The smallest absolute Gasteiger partial charge is 0.246 e. The van der Waals surface area contributed by atoms with Crippen LogP contribution in [0, 0.1) is 0 Å². The molecule has 5 nitrogen and oxygen atoms in total. The molecule has 8 heteroatoms. The van der Waals surface area contributed by atoms with Gasteiger partial charge in [0.2, 0.25) is 5.91 Å². The van der Waals surface area contributed by atoms with Crippen LogP contribution in [-0.4, -0.2) is 28.0 Å². The average Bonchev–Trinajstić information content (AvgIpc) is 3.18. The molecule has 1 atom stereocenters. The van der Waals surface area contributed by atoms with Crippen molar-refractivity contribution in [3.8, 4) is 11.4 Å². The summed E-state index contributed by atoms with van der Waals surface area (Å²) in [7, 11) is 0. The lowest BCUT2D eigenvalue weighted by Gasteiger charge is -2.25. The number of hydrogen-bond donors (Lipinski definition) is 2. The summed E-state index contributed by atoms with van der Waals surface area (Å²) in [6.45, 7) is 2.94. The molecule has 0 spiro atoms. The first-order valence-corrected chi connectivity index (χ1v) is 8.05. The fourth-order valence-electron chi connectivity index (χ4n) is 2.64. The van der Waals surface area contributed by atoms with Crippen molar-refractivity contribution < 1.29 is 4.79 Å². The minimum absolute atomic E-state index is 0. The minimum atomic E-state index is -0.434. The number of carbonyl (C=O) groups excluding carboxylic acids is 1. The van der Waals surface area contributed by atoms with Gasteiger partial charge in [-0.2, -0.15) is 0 Å². The van der Waals surface area contributed by atoms with Crippen LogP contribution in [0.15, 0.2) is 29.8 Å². The fraction of sp³-hybridized carbons (Fsp3) is 0.400. The number of halogens is 2. The van der Waals surface area contributed by atoms with Crippen molar-refractivity contribution in [3.63, 3.8) is 0 Å². The highest BCUT2D eigenvalue weighted by atomic mass is 35.5. The Labute approximate surface area is 152 Å². The maximum absolute atomic E-state index is 12.5. The van der Waals surface area contributed by atoms with E-state index in [1.165, 1.54) is 11.3 Å². The van der Waals surface area contributed by atoms with Crippen LogP contribution in [0.5, 0.6) is 0 Å². The Balaban J connectivity index is 0.00000132. The second kappa shape index (κ2) is 8.59. The minimum Gasteiger partial charge on any atom is -0.303 e. The molecule has 2 aromatic rings. The van der Waals surface area contributed by atoms with Gasteiger partial charge in [-0.15, -0.1) is 36.2 Å². The van der Waals surface area contributed by atoms with Crippen molar-refractivity contribution in [2.24, 2.45) is 0 Å². The topological polar surface area (TPSA) is 66.9 Å². The van der Waals surface area contributed by atoms with E-state index >= 15 is 0 Å². The van der Waals surface area contributed by atoms with Crippen LogP contribution in [0.3, 0.4) is 0 Å². The molecule has 0 aliphatic carbocycles. The van der Waals surface area contributed by atoms with E-state index in [-0.39, 0.29) is 30.7 Å². The van der Waals surface area contributed by atoms with Gasteiger partial charge >= 0.3 is 0 Å². The number of pyridine rings is 1. The number of rotatable bonds is 4. The number of nitrogens with one attached hydrogen (secondary N) is 2.